The average Bonchev–Trinajstić information content (AvgIpc) is 2.75. The zero-order chi connectivity index (χ0) is 13.3. The predicted octanol–water partition coefficient (Wildman–Crippen LogP) is 4.02. The molecule has 3 heteroatoms. The fourth-order valence-corrected chi connectivity index (χ4v) is 2.29. The summed E-state index contributed by atoms with van der Waals surface area (Å²) in [6, 6.07) is 4.36. The third-order valence-corrected chi connectivity index (χ3v) is 3.67. The number of ether oxygens (including phenoxy) is 2. The molecule has 1 aromatic heterocycles. The van der Waals surface area contributed by atoms with Gasteiger partial charge in [-0.05, 0) is 19.1 Å². The monoisotopic (exact) mass is 258 g/mol. The lowest BCUT2D eigenvalue weighted by molar-refractivity contribution is 0.0491. The molecular formula is C14H26O2S. The summed E-state index contributed by atoms with van der Waals surface area (Å²) in [7, 11) is 1.69. The van der Waals surface area contributed by atoms with E-state index in [1.165, 1.54) is 9.75 Å². The van der Waals surface area contributed by atoms with Crippen molar-refractivity contribution in [1.82, 2.24) is 0 Å². The van der Waals surface area contributed by atoms with Crippen molar-refractivity contribution in [2.24, 2.45) is 0 Å². The maximum absolute atomic E-state index is 5.58. The van der Waals surface area contributed by atoms with Crippen molar-refractivity contribution in [3.63, 3.8) is 0 Å². The second-order valence-electron chi connectivity index (χ2n) is 4.34. The minimum atomic E-state index is 0.104. The summed E-state index contributed by atoms with van der Waals surface area (Å²) in [4.78, 5) is 2.74. The van der Waals surface area contributed by atoms with Gasteiger partial charge in [0.15, 0.2) is 0 Å². The van der Waals surface area contributed by atoms with Crippen LogP contribution in [0.15, 0.2) is 12.1 Å². The van der Waals surface area contributed by atoms with E-state index in [1.807, 2.05) is 25.2 Å². The van der Waals surface area contributed by atoms with E-state index in [1.54, 1.807) is 7.11 Å². The lowest BCUT2D eigenvalue weighted by Crippen LogP contribution is -2.24. The highest BCUT2D eigenvalue weighted by Crippen LogP contribution is 2.29. The van der Waals surface area contributed by atoms with Gasteiger partial charge in [0.1, 0.15) is 0 Å². The summed E-state index contributed by atoms with van der Waals surface area (Å²) in [5.74, 6) is 0. The third kappa shape index (κ3) is 6.20. The van der Waals surface area contributed by atoms with Crippen LogP contribution in [0.4, 0.5) is 0 Å². The Kier molecular flexibility index (Phi) is 8.48. The number of thiophene rings is 1. The molecule has 100 valence electrons. The molecule has 0 aromatic carbocycles. The fraction of sp³-hybridized carbons (Fsp3) is 0.714. The van der Waals surface area contributed by atoms with Crippen molar-refractivity contribution in [3.8, 4) is 0 Å². The molecule has 2 nitrogen and oxygen atoms in total. The number of hydrogen-bond acceptors (Lipinski definition) is 3. The van der Waals surface area contributed by atoms with Gasteiger partial charge >= 0.3 is 0 Å². The van der Waals surface area contributed by atoms with E-state index in [4.69, 9.17) is 9.47 Å². The van der Waals surface area contributed by atoms with Gasteiger partial charge in [-0.2, -0.15) is 0 Å². The van der Waals surface area contributed by atoms with Crippen LogP contribution in [-0.2, 0) is 14.9 Å². The minimum absolute atomic E-state index is 0.104. The van der Waals surface area contributed by atoms with E-state index in [0.29, 0.717) is 13.2 Å². The zero-order valence-corrected chi connectivity index (χ0v) is 12.8. The van der Waals surface area contributed by atoms with E-state index in [-0.39, 0.29) is 5.41 Å². The predicted molar refractivity (Wildman–Crippen MR) is 76.1 cm³/mol. The van der Waals surface area contributed by atoms with Crippen LogP contribution in [0, 0.1) is 6.92 Å². The Bertz CT molecular complexity index is 292. The number of methoxy groups -OCH3 is 1. The van der Waals surface area contributed by atoms with Crippen molar-refractivity contribution in [1.29, 1.82) is 0 Å². The molecule has 0 fully saturated rings. The average molecular weight is 258 g/mol. The van der Waals surface area contributed by atoms with Gasteiger partial charge in [0.05, 0.1) is 19.8 Å². The molecule has 17 heavy (non-hydrogen) atoms. The molecule has 0 aliphatic rings. The standard InChI is InChI=1S/C12H20O2S.C2H6/c1-10-5-6-11(15-10)12(2,3)9-14-8-7-13-4;1-2/h5-6H,7-9H2,1-4H3;1-2H3. The van der Waals surface area contributed by atoms with Crippen LogP contribution in [0.5, 0.6) is 0 Å². The third-order valence-electron chi connectivity index (χ3n) is 2.30. The Morgan fingerprint density at radius 1 is 1.18 bits per heavy atom. The molecule has 0 atom stereocenters. The number of rotatable bonds is 6. The van der Waals surface area contributed by atoms with Gasteiger partial charge in [-0.3, -0.25) is 0 Å². The first kappa shape index (κ1) is 16.6. The SMILES string of the molecule is CC.COCCOCC(C)(C)c1ccc(C)s1. The van der Waals surface area contributed by atoms with Crippen LogP contribution >= 0.6 is 11.3 Å². The van der Waals surface area contributed by atoms with Crippen LogP contribution in [-0.4, -0.2) is 26.9 Å². The number of aryl methyl sites for hydroxylation is 1. The van der Waals surface area contributed by atoms with E-state index in [9.17, 15) is 0 Å². The Morgan fingerprint density at radius 3 is 2.29 bits per heavy atom. The topological polar surface area (TPSA) is 18.5 Å². The summed E-state index contributed by atoms with van der Waals surface area (Å²) < 4.78 is 10.5. The van der Waals surface area contributed by atoms with Crippen molar-refractivity contribution in [2.45, 2.75) is 40.0 Å². The highest BCUT2D eigenvalue weighted by atomic mass is 32.1. The first-order valence-electron chi connectivity index (χ1n) is 6.20. The Labute approximate surface area is 110 Å². The van der Waals surface area contributed by atoms with Gasteiger partial charge in [-0.15, -0.1) is 11.3 Å². The van der Waals surface area contributed by atoms with E-state index in [2.05, 4.69) is 32.9 Å². The molecule has 0 radical (unpaired) electrons. The number of hydrogen-bond donors (Lipinski definition) is 0. The summed E-state index contributed by atoms with van der Waals surface area (Å²) in [6.45, 7) is 12.6. The van der Waals surface area contributed by atoms with Gasteiger partial charge < -0.3 is 9.47 Å². The van der Waals surface area contributed by atoms with E-state index >= 15 is 0 Å². The molecule has 0 N–H and O–H groups in total. The molecule has 0 bridgehead atoms. The molecule has 1 aromatic rings. The normalized spacial score (nSPS) is 10.9. The van der Waals surface area contributed by atoms with Crippen LogP contribution in [0.25, 0.3) is 0 Å². The Hall–Kier alpha value is -0.380. The summed E-state index contributed by atoms with van der Waals surface area (Å²) in [5, 5.41) is 0. The summed E-state index contributed by atoms with van der Waals surface area (Å²) in [5.41, 5.74) is 0.104. The van der Waals surface area contributed by atoms with Gasteiger partial charge in [-0.25, -0.2) is 0 Å². The first-order chi connectivity index (χ1) is 8.06. The highest BCUT2D eigenvalue weighted by Gasteiger charge is 2.22. The highest BCUT2D eigenvalue weighted by molar-refractivity contribution is 7.12. The molecule has 0 saturated heterocycles. The molecule has 0 saturated carbocycles. The molecule has 0 unspecified atom stereocenters. The minimum Gasteiger partial charge on any atom is -0.382 e. The van der Waals surface area contributed by atoms with Crippen LogP contribution in [0.2, 0.25) is 0 Å². The smallest absolute Gasteiger partial charge is 0.0700 e. The zero-order valence-electron chi connectivity index (χ0n) is 12.0. The maximum Gasteiger partial charge on any atom is 0.0700 e. The van der Waals surface area contributed by atoms with E-state index in [0.717, 1.165) is 6.61 Å². The van der Waals surface area contributed by atoms with Gasteiger partial charge in [-0.1, -0.05) is 27.7 Å². The largest absolute Gasteiger partial charge is 0.382 e. The molecule has 0 aliphatic carbocycles. The lowest BCUT2D eigenvalue weighted by atomic mass is 9.93. The Morgan fingerprint density at radius 2 is 1.82 bits per heavy atom. The molecule has 1 rings (SSSR count). The van der Waals surface area contributed by atoms with Crippen molar-refractivity contribution >= 4 is 11.3 Å². The van der Waals surface area contributed by atoms with Gasteiger partial charge in [0.2, 0.25) is 0 Å². The molecule has 0 spiro atoms. The van der Waals surface area contributed by atoms with Crippen molar-refractivity contribution < 1.29 is 9.47 Å². The molecular weight excluding hydrogens is 232 g/mol. The molecule has 1 heterocycles. The molecule has 0 aliphatic heterocycles. The lowest BCUT2D eigenvalue weighted by Gasteiger charge is -2.22. The first-order valence-corrected chi connectivity index (χ1v) is 7.01. The quantitative estimate of drug-likeness (QED) is 0.717. The van der Waals surface area contributed by atoms with Crippen molar-refractivity contribution in [3.05, 3.63) is 21.9 Å². The van der Waals surface area contributed by atoms with Crippen LogP contribution in [0.1, 0.15) is 37.4 Å². The molecule has 0 amide bonds. The van der Waals surface area contributed by atoms with Gasteiger partial charge in [0.25, 0.3) is 0 Å². The second kappa shape index (κ2) is 8.67. The summed E-state index contributed by atoms with van der Waals surface area (Å²) in [6.07, 6.45) is 0. The maximum atomic E-state index is 5.58. The van der Waals surface area contributed by atoms with Gasteiger partial charge in [0, 0.05) is 22.3 Å². The van der Waals surface area contributed by atoms with Crippen molar-refractivity contribution in [2.75, 3.05) is 26.9 Å². The van der Waals surface area contributed by atoms with Crippen LogP contribution in [0.3, 0.4) is 0 Å². The fourth-order valence-electron chi connectivity index (χ4n) is 1.34. The summed E-state index contributed by atoms with van der Waals surface area (Å²) >= 11 is 1.85. The second-order valence-corrected chi connectivity index (χ2v) is 5.63. The van der Waals surface area contributed by atoms with Crippen LogP contribution < -0.4 is 0 Å². The Balaban J connectivity index is 0.00000121. The van der Waals surface area contributed by atoms with E-state index < -0.39 is 0 Å².